The molecule has 2 aromatic rings. The van der Waals surface area contributed by atoms with Crippen LogP contribution in [0.15, 0.2) is 47.2 Å². The highest BCUT2D eigenvalue weighted by molar-refractivity contribution is 9.10. The number of methoxy groups -OCH3 is 1. The molecule has 0 aliphatic rings. The van der Waals surface area contributed by atoms with E-state index in [0.29, 0.717) is 0 Å². The summed E-state index contributed by atoms with van der Waals surface area (Å²) < 4.78 is 6.55. The number of rotatable bonds is 6. The molecule has 0 aliphatic carbocycles. The lowest BCUT2D eigenvalue weighted by Gasteiger charge is -2.22. The predicted octanol–water partition coefficient (Wildman–Crippen LogP) is 3.94. The Morgan fingerprint density at radius 2 is 2.00 bits per heavy atom. The molecule has 1 aromatic carbocycles. The number of nitrogens with one attached hydrogen (secondary N) is 1. The van der Waals surface area contributed by atoms with Crippen LogP contribution in [0.1, 0.15) is 30.5 Å². The van der Waals surface area contributed by atoms with Crippen molar-refractivity contribution in [1.29, 1.82) is 0 Å². The summed E-state index contributed by atoms with van der Waals surface area (Å²) in [6.45, 7) is 3.11. The average molecular weight is 335 g/mol. The van der Waals surface area contributed by atoms with E-state index in [-0.39, 0.29) is 6.04 Å². The molecule has 4 heteroatoms. The molecule has 1 unspecified atom stereocenters. The number of halogens is 1. The topological polar surface area (TPSA) is 34.2 Å². The molecule has 0 bridgehead atoms. The highest BCUT2D eigenvalue weighted by atomic mass is 79.9. The van der Waals surface area contributed by atoms with Gasteiger partial charge < -0.3 is 10.1 Å². The van der Waals surface area contributed by atoms with Crippen LogP contribution in [0.3, 0.4) is 0 Å². The van der Waals surface area contributed by atoms with Gasteiger partial charge in [-0.1, -0.05) is 22.9 Å². The van der Waals surface area contributed by atoms with Crippen molar-refractivity contribution in [2.45, 2.75) is 19.4 Å². The van der Waals surface area contributed by atoms with Crippen LogP contribution in [0.25, 0.3) is 0 Å². The van der Waals surface area contributed by atoms with Crippen LogP contribution < -0.4 is 10.1 Å². The van der Waals surface area contributed by atoms with Crippen molar-refractivity contribution in [1.82, 2.24) is 10.3 Å². The van der Waals surface area contributed by atoms with Crippen molar-refractivity contribution in [3.05, 3.63) is 58.3 Å². The van der Waals surface area contributed by atoms with Crippen LogP contribution in [-0.2, 0) is 0 Å². The van der Waals surface area contributed by atoms with Crippen LogP contribution in [0, 0.1) is 0 Å². The molecule has 2 rings (SSSR count). The molecule has 20 heavy (non-hydrogen) atoms. The van der Waals surface area contributed by atoms with Crippen LogP contribution in [0.4, 0.5) is 0 Å². The summed E-state index contributed by atoms with van der Waals surface area (Å²) in [5.41, 5.74) is 2.31. The van der Waals surface area contributed by atoms with Gasteiger partial charge >= 0.3 is 0 Å². The molecule has 0 spiro atoms. The highest BCUT2D eigenvalue weighted by Gasteiger charge is 2.17. The lowest BCUT2D eigenvalue weighted by Crippen LogP contribution is -2.23. The van der Waals surface area contributed by atoms with Crippen molar-refractivity contribution in [3.8, 4) is 5.75 Å². The highest BCUT2D eigenvalue weighted by Crippen LogP contribution is 2.32. The molecule has 0 aliphatic heterocycles. The second-order valence-electron chi connectivity index (χ2n) is 4.55. The fourth-order valence-electron chi connectivity index (χ4n) is 2.18. The number of hydrogen-bond acceptors (Lipinski definition) is 3. The van der Waals surface area contributed by atoms with Gasteiger partial charge in [0.15, 0.2) is 0 Å². The first kappa shape index (κ1) is 15.0. The third-order valence-electron chi connectivity index (χ3n) is 3.14. The Morgan fingerprint density at radius 3 is 2.65 bits per heavy atom. The molecule has 3 nitrogen and oxygen atoms in total. The summed E-state index contributed by atoms with van der Waals surface area (Å²) in [5.74, 6) is 0.888. The fraction of sp³-hybridized carbons (Fsp3) is 0.312. The minimum absolute atomic E-state index is 0.102. The maximum Gasteiger partial charge on any atom is 0.124 e. The van der Waals surface area contributed by atoms with Crippen LogP contribution in [0.5, 0.6) is 5.75 Å². The van der Waals surface area contributed by atoms with E-state index in [1.165, 1.54) is 5.56 Å². The Bertz CT molecular complexity index is 545. The molecule has 1 aromatic heterocycles. The Labute approximate surface area is 128 Å². The average Bonchev–Trinajstić information content (AvgIpc) is 2.49. The van der Waals surface area contributed by atoms with Crippen molar-refractivity contribution in [3.63, 3.8) is 0 Å². The monoisotopic (exact) mass is 334 g/mol. The zero-order valence-electron chi connectivity index (χ0n) is 11.8. The van der Waals surface area contributed by atoms with Crippen molar-refractivity contribution in [2.24, 2.45) is 0 Å². The number of benzene rings is 1. The second kappa shape index (κ2) is 7.41. The number of ether oxygens (including phenoxy) is 1. The van der Waals surface area contributed by atoms with Gasteiger partial charge in [0.05, 0.1) is 13.2 Å². The Hall–Kier alpha value is -1.39. The third kappa shape index (κ3) is 3.58. The molecule has 1 N–H and O–H groups in total. The normalized spacial score (nSPS) is 12.2. The van der Waals surface area contributed by atoms with E-state index in [1.54, 1.807) is 7.11 Å². The standard InChI is InChI=1S/C16H19BrN2O/c1-3-8-19-16(12-6-9-18-10-7-12)14-11-13(17)4-5-15(14)20-2/h4-7,9-11,16,19H,3,8H2,1-2H3. The molecule has 0 saturated heterocycles. The first-order valence-electron chi connectivity index (χ1n) is 6.73. The van der Waals surface area contributed by atoms with Crippen molar-refractivity contribution >= 4 is 15.9 Å². The molecular weight excluding hydrogens is 316 g/mol. The van der Waals surface area contributed by atoms with Gasteiger partial charge in [0.2, 0.25) is 0 Å². The molecule has 1 atom stereocenters. The molecule has 0 radical (unpaired) electrons. The van der Waals surface area contributed by atoms with Crippen molar-refractivity contribution < 1.29 is 4.74 Å². The summed E-state index contributed by atoms with van der Waals surface area (Å²) in [6.07, 6.45) is 4.72. The van der Waals surface area contributed by atoms with E-state index in [1.807, 2.05) is 36.7 Å². The van der Waals surface area contributed by atoms with Gasteiger partial charge in [0, 0.05) is 22.4 Å². The van der Waals surface area contributed by atoms with E-state index in [4.69, 9.17) is 4.74 Å². The minimum atomic E-state index is 0.102. The van der Waals surface area contributed by atoms with E-state index < -0.39 is 0 Å². The van der Waals surface area contributed by atoms with Gasteiger partial charge in [0.1, 0.15) is 5.75 Å². The van der Waals surface area contributed by atoms with E-state index >= 15 is 0 Å². The van der Waals surface area contributed by atoms with Crippen LogP contribution in [0.2, 0.25) is 0 Å². The molecule has 0 amide bonds. The minimum Gasteiger partial charge on any atom is -0.496 e. The fourth-order valence-corrected chi connectivity index (χ4v) is 2.56. The Balaban J connectivity index is 2.43. The Morgan fingerprint density at radius 1 is 1.25 bits per heavy atom. The number of hydrogen-bond donors (Lipinski definition) is 1. The summed E-state index contributed by atoms with van der Waals surface area (Å²) in [4.78, 5) is 4.09. The predicted molar refractivity (Wildman–Crippen MR) is 85.1 cm³/mol. The van der Waals surface area contributed by atoms with Crippen LogP contribution >= 0.6 is 15.9 Å². The van der Waals surface area contributed by atoms with Gasteiger partial charge in [-0.3, -0.25) is 4.98 Å². The second-order valence-corrected chi connectivity index (χ2v) is 5.47. The van der Waals surface area contributed by atoms with Crippen LogP contribution in [-0.4, -0.2) is 18.6 Å². The van der Waals surface area contributed by atoms with E-state index in [2.05, 4.69) is 39.2 Å². The summed E-state index contributed by atoms with van der Waals surface area (Å²) in [7, 11) is 1.70. The lowest BCUT2D eigenvalue weighted by atomic mass is 9.98. The molecule has 0 fully saturated rings. The molecule has 106 valence electrons. The first-order chi connectivity index (χ1) is 9.76. The maximum absolute atomic E-state index is 5.51. The zero-order chi connectivity index (χ0) is 14.4. The first-order valence-corrected chi connectivity index (χ1v) is 7.52. The number of nitrogens with zero attached hydrogens (tertiary/aromatic N) is 1. The SMILES string of the molecule is CCCNC(c1ccncc1)c1cc(Br)ccc1OC. The van der Waals surface area contributed by atoms with E-state index in [9.17, 15) is 0 Å². The zero-order valence-corrected chi connectivity index (χ0v) is 13.4. The Kier molecular flexibility index (Phi) is 5.56. The van der Waals surface area contributed by atoms with Gasteiger partial charge in [-0.15, -0.1) is 0 Å². The van der Waals surface area contributed by atoms with Gasteiger partial charge in [-0.05, 0) is 48.9 Å². The quantitative estimate of drug-likeness (QED) is 0.868. The summed E-state index contributed by atoms with van der Waals surface area (Å²) in [5, 5.41) is 3.58. The largest absolute Gasteiger partial charge is 0.496 e. The van der Waals surface area contributed by atoms with Gasteiger partial charge in [0.25, 0.3) is 0 Å². The smallest absolute Gasteiger partial charge is 0.124 e. The third-order valence-corrected chi connectivity index (χ3v) is 3.63. The molecular formula is C16H19BrN2O. The number of pyridine rings is 1. The molecule has 0 saturated carbocycles. The van der Waals surface area contributed by atoms with Gasteiger partial charge in [-0.25, -0.2) is 0 Å². The lowest BCUT2D eigenvalue weighted by molar-refractivity contribution is 0.403. The summed E-state index contributed by atoms with van der Waals surface area (Å²) in [6, 6.07) is 10.3. The van der Waals surface area contributed by atoms with Gasteiger partial charge in [-0.2, -0.15) is 0 Å². The summed E-state index contributed by atoms with van der Waals surface area (Å²) >= 11 is 3.54. The molecule has 1 heterocycles. The van der Waals surface area contributed by atoms with E-state index in [0.717, 1.165) is 28.8 Å². The maximum atomic E-state index is 5.51. The van der Waals surface area contributed by atoms with Crippen molar-refractivity contribution in [2.75, 3.05) is 13.7 Å². The number of aromatic nitrogens is 1.